The number of benzene rings is 2. The number of nitrogens with zero attached hydrogens (tertiary/aromatic N) is 1. The molecule has 0 aromatic heterocycles. The van der Waals surface area contributed by atoms with E-state index in [0.29, 0.717) is 0 Å². The molecular weight excluding hydrogens is 418 g/mol. The summed E-state index contributed by atoms with van der Waals surface area (Å²) in [5.41, 5.74) is -0.0920. The zero-order valence-electron chi connectivity index (χ0n) is 13.9. The van der Waals surface area contributed by atoms with Crippen LogP contribution in [-0.4, -0.2) is 44.9 Å². The molecule has 1 fully saturated rings. The lowest BCUT2D eigenvalue weighted by Crippen LogP contribution is -2.40. The number of anilines is 1. The first-order chi connectivity index (χ1) is 12.8. The molecule has 0 saturated carbocycles. The van der Waals surface area contributed by atoms with Gasteiger partial charge in [-0.25, -0.2) is 12.8 Å². The molecule has 0 unspecified atom stereocenters. The van der Waals surface area contributed by atoms with Crippen LogP contribution in [-0.2, 0) is 14.8 Å². The Morgan fingerprint density at radius 1 is 1.11 bits per heavy atom. The number of halogens is 3. The van der Waals surface area contributed by atoms with Gasteiger partial charge in [-0.1, -0.05) is 29.3 Å². The summed E-state index contributed by atoms with van der Waals surface area (Å²) >= 11 is 11.8. The molecule has 0 radical (unpaired) electrons. The number of rotatable bonds is 4. The molecule has 0 aliphatic carbocycles. The molecule has 3 rings (SSSR count). The zero-order valence-corrected chi connectivity index (χ0v) is 16.2. The van der Waals surface area contributed by atoms with Gasteiger partial charge < -0.3 is 10.1 Å². The smallest absolute Gasteiger partial charge is 0.255 e. The Hall–Kier alpha value is -1.71. The van der Waals surface area contributed by atoms with Crippen molar-refractivity contribution in [3.63, 3.8) is 0 Å². The van der Waals surface area contributed by atoms with Crippen molar-refractivity contribution in [2.45, 2.75) is 4.90 Å². The van der Waals surface area contributed by atoms with Gasteiger partial charge >= 0.3 is 0 Å². The molecule has 2 aromatic rings. The molecule has 0 spiro atoms. The summed E-state index contributed by atoms with van der Waals surface area (Å²) in [5, 5.41) is 2.23. The Bertz CT molecular complexity index is 979. The van der Waals surface area contributed by atoms with Crippen molar-refractivity contribution in [3.05, 3.63) is 57.8 Å². The van der Waals surface area contributed by atoms with Crippen LogP contribution in [0.25, 0.3) is 0 Å². The van der Waals surface area contributed by atoms with Gasteiger partial charge in [-0.05, 0) is 30.3 Å². The van der Waals surface area contributed by atoms with Crippen LogP contribution in [0.15, 0.2) is 41.3 Å². The van der Waals surface area contributed by atoms with Crippen molar-refractivity contribution < 1.29 is 22.3 Å². The van der Waals surface area contributed by atoms with E-state index in [1.54, 1.807) is 0 Å². The van der Waals surface area contributed by atoms with Gasteiger partial charge in [-0.3, -0.25) is 4.79 Å². The van der Waals surface area contributed by atoms with E-state index < -0.39 is 21.7 Å². The van der Waals surface area contributed by atoms with Crippen LogP contribution < -0.4 is 5.32 Å². The van der Waals surface area contributed by atoms with Gasteiger partial charge in [0.05, 0.1) is 28.9 Å². The van der Waals surface area contributed by atoms with Crippen LogP contribution in [0.1, 0.15) is 10.4 Å². The second-order valence-electron chi connectivity index (χ2n) is 5.72. The maximum absolute atomic E-state index is 14.0. The quantitative estimate of drug-likeness (QED) is 0.802. The minimum Gasteiger partial charge on any atom is -0.379 e. The molecular formula is C17H15Cl2FN2O4S. The fourth-order valence-corrected chi connectivity index (χ4v) is 4.65. The molecule has 1 heterocycles. The third-order valence-corrected chi connectivity index (χ3v) is 6.65. The van der Waals surface area contributed by atoms with Gasteiger partial charge in [0.25, 0.3) is 5.91 Å². The molecule has 144 valence electrons. The summed E-state index contributed by atoms with van der Waals surface area (Å²) < 4.78 is 46.0. The van der Waals surface area contributed by atoms with Crippen LogP contribution in [0.5, 0.6) is 0 Å². The monoisotopic (exact) mass is 432 g/mol. The van der Waals surface area contributed by atoms with Crippen molar-refractivity contribution in [1.29, 1.82) is 0 Å². The highest BCUT2D eigenvalue weighted by molar-refractivity contribution is 7.89. The SMILES string of the molecule is O=C(Nc1cccc(Cl)c1F)c1ccc(Cl)c(S(=O)(=O)N2CCOCC2)c1. The third-order valence-electron chi connectivity index (χ3n) is 3.98. The minimum atomic E-state index is -3.89. The van der Waals surface area contributed by atoms with Gasteiger partial charge in [0.1, 0.15) is 4.90 Å². The third kappa shape index (κ3) is 4.25. The topological polar surface area (TPSA) is 75.7 Å². The summed E-state index contributed by atoms with van der Waals surface area (Å²) in [5.74, 6) is -1.46. The molecule has 1 saturated heterocycles. The lowest BCUT2D eigenvalue weighted by molar-refractivity contribution is 0.0730. The van der Waals surface area contributed by atoms with Crippen LogP contribution in [0.2, 0.25) is 10.0 Å². The Kier molecular flexibility index (Phi) is 6.02. The average molecular weight is 433 g/mol. The van der Waals surface area contributed by atoms with Crippen molar-refractivity contribution in [2.75, 3.05) is 31.6 Å². The molecule has 27 heavy (non-hydrogen) atoms. The Labute approximate surface area is 165 Å². The van der Waals surface area contributed by atoms with Crippen LogP contribution in [0, 0.1) is 5.82 Å². The van der Waals surface area contributed by atoms with Gasteiger partial charge in [0, 0.05) is 18.7 Å². The minimum absolute atomic E-state index is 0.00743. The van der Waals surface area contributed by atoms with Gasteiger partial charge in [-0.2, -0.15) is 4.31 Å². The fourth-order valence-electron chi connectivity index (χ4n) is 2.56. The van der Waals surface area contributed by atoms with E-state index in [2.05, 4.69) is 5.32 Å². The molecule has 10 heteroatoms. The Balaban J connectivity index is 1.90. The predicted octanol–water partition coefficient (Wildman–Crippen LogP) is 3.41. The molecule has 6 nitrogen and oxygen atoms in total. The van der Waals surface area contributed by atoms with E-state index in [-0.39, 0.29) is 52.5 Å². The van der Waals surface area contributed by atoms with E-state index in [9.17, 15) is 17.6 Å². The highest BCUT2D eigenvalue weighted by Crippen LogP contribution is 2.27. The van der Waals surface area contributed by atoms with Gasteiger partial charge in [0.15, 0.2) is 5.82 Å². The number of carbonyl (C=O) groups is 1. The summed E-state index contributed by atoms with van der Waals surface area (Å²) in [6.07, 6.45) is 0. The standard InChI is InChI=1S/C17H15Cl2FN2O4S/c18-12-5-4-11(17(23)21-14-3-1-2-13(19)16(14)20)10-15(12)27(24,25)22-6-8-26-9-7-22/h1-5,10H,6-9H2,(H,21,23). The van der Waals surface area contributed by atoms with E-state index in [1.165, 1.54) is 40.7 Å². The second kappa shape index (κ2) is 8.12. The van der Waals surface area contributed by atoms with Crippen LogP contribution >= 0.6 is 23.2 Å². The summed E-state index contributed by atoms with van der Waals surface area (Å²) in [4.78, 5) is 12.3. The van der Waals surface area contributed by atoms with Gasteiger partial charge in [0.2, 0.25) is 10.0 Å². The lowest BCUT2D eigenvalue weighted by atomic mass is 10.2. The first-order valence-corrected chi connectivity index (χ1v) is 10.1. The van der Waals surface area contributed by atoms with Crippen molar-refractivity contribution in [1.82, 2.24) is 4.31 Å². The molecule has 1 amide bonds. The molecule has 2 aromatic carbocycles. The number of amides is 1. The van der Waals surface area contributed by atoms with Crippen molar-refractivity contribution in [2.24, 2.45) is 0 Å². The van der Waals surface area contributed by atoms with E-state index >= 15 is 0 Å². The zero-order chi connectivity index (χ0) is 19.6. The second-order valence-corrected chi connectivity index (χ2v) is 8.44. The molecule has 0 bridgehead atoms. The summed E-state index contributed by atoms with van der Waals surface area (Å²) in [6.45, 7) is 0.960. The van der Waals surface area contributed by atoms with Crippen molar-refractivity contribution in [3.8, 4) is 0 Å². The van der Waals surface area contributed by atoms with Gasteiger partial charge in [-0.15, -0.1) is 0 Å². The average Bonchev–Trinajstić information content (AvgIpc) is 2.66. The molecule has 0 atom stereocenters. The largest absolute Gasteiger partial charge is 0.379 e. The van der Waals surface area contributed by atoms with Crippen LogP contribution in [0.3, 0.4) is 0 Å². The number of hydrogen-bond acceptors (Lipinski definition) is 4. The number of morpholine rings is 1. The molecule has 1 N–H and O–H groups in total. The Morgan fingerprint density at radius 2 is 1.81 bits per heavy atom. The lowest BCUT2D eigenvalue weighted by Gasteiger charge is -2.26. The predicted molar refractivity (Wildman–Crippen MR) is 100 cm³/mol. The molecule has 1 aliphatic heterocycles. The fraction of sp³-hybridized carbons (Fsp3) is 0.235. The summed E-state index contributed by atoms with van der Waals surface area (Å²) in [6, 6.07) is 8.03. The highest BCUT2D eigenvalue weighted by Gasteiger charge is 2.29. The van der Waals surface area contributed by atoms with E-state index in [0.717, 1.165) is 0 Å². The Morgan fingerprint density at radius 3 is 2.52 bits per heavy atom. The summed E-state index contributed by atoms with van der Waals surface area (Å²) in [7, 11) is -3.89. The number of nitrogens with one attached hydrogen (secondary N) is 1. The highest BCUT2D eigenvalue weighted by atomic mass is 35.5. The molecule has 1 aliphatic rings. The number of carbonyl (C=O) groups excluding carboxylic acids is 1. The van der Waals surface area contributed by atoms with Crippen molar-refractivity contribution >= 4 is 44.8 Å². The van der Waals surface area contributed by atoms with Crippen LogP contribution in [0.4, 0.5) is 10.1 Å². The first kappa shape index (κ1) is 20.0. The number of sulfonamides is 1. The number of hydrogen-bond donors (Lipinski definition) is 1. The first-order valence-electron chi connectivity index (χ1n) is 7.93. The van der Waals surface area contributed by atoms with E-state index in [1.807, 2.05) is 0 Å². The maximum atomic E-state index is 14.0. The number of ether oxygens (including phenoxy) is 1. The van der Waals surface area contributed by atoms with E-state index in [4.69, 9.17) is 27.9 Å². The maximum Gasteiger partial charge on any atom is 0.255 e. The normalized spacial score (nSPS) is 15.5.